The SMILES string of the molecule is Cc1cc(-c2nc(C)c(CCN)s2)cc(C)n1. The molecule has 2 N–H and O–H groups in total. The first-order valence-corrected chi connectivity index (χ1v) is 6.54. The summed E-state index contributed by atoms with van der Waals surface area (Å²) in [5.74, 6) is 0. The molecule has 0 aromatic carbocycles. The van der Waals surface area contributed by atoms with E-state index in [1.54, 1.807) is 11.3 Å². The Bertz CT molecular complexity index is 511. The van der Waals surface area contributed by atoms with E-state index in [2.05, 4.69) is 22.1 Å². The smallest absolute Gasteiger partial charge is 0.123 e. The largest absolute Gasteiger partial charge is 0.330 e. The number of hydrogen-bond acceptors (Lipinski definition) is 4. The second kappa shape index (κ2) is 4.94. The second-order valence-corrected chi connectivity index (χ2v) is 5.29. The summed E-state index contributed by atoms with van der Waals surface area (Å²) in [7, 11) is 0. The molecule has 2 aromatic heterocycles. The average Bonchev–Trinajstić information content (AvgIpc) is 2.60. The third-order valence-electron chi connectivity index (χ3n) is 2.59. The van der Waals surface area contributed by atoms with Gasteiger partial charge in [0.15, 0.2) is 0 Å². The number of aromatic nitrogens is 2. The van der Waals surface area contributed by atoms with Crippen molar-refractivity contribution in [2.45, 2.75) is 27.2 Å². The molecule has 0 atom stereocenters. The van der Waals surface area contributed by atoms with Crippen LogP contribution in [0.4, 0.5) is 0 Å². The monoisotopic (exact) mass is 247 g/mol. The van der Waals surface area contributed by atoms with E-state index in [-0.39, 0.29) is 0 Å². The van der Waals surface area contributed by atoms with Crippen LogP contribution in [-0.4, -0.2) is 16.5 Å². The molecule has 0 amide bonds. The lowest BCUT2D eigenvalue weighted by atomic mass is 10.2. The van der Waals surface area contributed by atoms with E-state index in [4.69, 9.17) is 5.73 Å². The maximum absolute atomic E-state index is 5.59. The first-order valence-electron chi connectivity index (χ1n) is 5.72. The van der Waals surface area contributed by atoms with Crippen molar-refractivity contribution in [1.82, 2.24) is 9.97 Å². The second-order valence-electron chi connectivity index (χ2n) is 4.20. The number of thiazole rings is 1. The highest BCUT2D eigenvalue weighted by molar-refractivity contribution is 7.15. The predicted octanol–water partition coefficient (Wildman–Crippen LogP) is 2.63. The zero-order valence-corrected chi connectivity index (χ0v) is 11.3. The molecule has 90 valence electrons. The first-order chi connectivity index (χ1) is 8.10. The Labute approximate surface area is 106 Å². The number of rotatable bonds is 3. The fraction of sp³-hybridized carbons (Fsp3) is 0.385. The highest BCUT2D eigenvalue weighted by Gasteiger charge is 2.09. The van der Waals surface area contributed by atoms with E-state index >= 15 is 0 Å². The van der Waals surface area contributed by atoms with Crippen molar-refractivity contribution in [3.63, 3.8) is 0 Å². The van der Waals surface area contributed by atoms with Crippen LogP contribution in [0.2, 0.25) is 0 Å². The topological polar surface area (TPSA) is 51.8 Å². The van der Waals surface area contributed by atoms with Crippen LogP contribution in [0.25, 0.3) is 10.6 Å². The molecule has 0 unspecified atom stereocenters. The lowest BCUT2D eigenvalue weighted by Crippen LogP contribution is -2.01. The minimum atomic E-state index is 0.677. The molecule has 3 nitrogen and oxygen atoms in total. The van der Waals surface area contributed by atoms with Gasteiger partial charge in [-0.2, -0.15) is 0 Å². The van der Waals surface area contributed by atoms with E-state index in [0.717, 1.165) is 34.1 Å². The molecule has 17 heavy (non-hydrogen) atoms. The van der Waals surface area contributed by atoms with Crippen molar-refractivity contribution in [1.29, 1.82) is 0 Å². The van der Waals surface area contributed by atoms with E-state index < -0.39 is 0 Å². The molecule has 0 radical (unpaired) electrons. The molecule has 0 aliphatic carbocycles. The van der Waals surface area contributed by atoms with Crippen molar-refractivity contribution < 1.29 is 0 Å². The number of pyridine rings is 1. The standard InChI is InChI=1S/C13H17N3S/c1-8-6-11(7-9(2)15-8)13-16-10(3)12(17-13)4-5-14/h6-7H,4-5,14H2,1-3H3. The third-order valence-corrected chi connectivity index (χ3v) is 3.86. The molecule has 0 aliphatic heterocycles. The number of nitrogens with zero attached hydrogens (tertiary/aromatic N) is 2. The summed E-state index contributed by atoms with van der Waals surface area (Å²) in [4.78, 5) is 10.3. The van der Waals surface area contributed by atoms with Crippen LogP contribution in [0.3, 0.4) is 0 Å². The number of nitrogens with two attached hydrogens (primary N) is 1. The molecule has 0 fully saturated rings. The van der Waals surface area contributed by atoms with Gasteiger partial charge in [0.05, 0.1) is 5.69 Å². The molecule has 4 heteroatoms. The van der Waals surface area contributed by atoms with Gasteiger partial charge >= 0.3 is 0 Å². The fourth-order valence-electron chi connectivity index (χ4n) is 1.87. The maximum Gasteiger partial charge on any atom is 0.123 e. The van der Waals surface area contributed by atoms with E-state index in [1.165, 1.54) is 4.88 Å². The maximum atomic E-state index is 5.59. The Morgan fingerprint density at radius 3 is 2.35 bits per heavy atom. The molecule has 2 heterocycles. The average molecular weight is 247 g/mol. The van der Waals surface area contributed by atoms with Gasteiger partial charge in [-0.1, -0.05) is 0 Å². The van der Waals surface area contributed by atoms with Gasteiger partial charge in [0, 0.05) is 21.8 Å². The summed E-state index contributed by atoms with van der Waals surface area (Å²) < 4.78 is 0. The van der Waals surface area contributed by atoms with Crippen molar-refractivity contribution in [3.05, 3.63) is 34.1 Å². The third kappa shape index (κ3) is 2.70. The van der Waals surface area contributed by atoms with Crippen LogP contribution < -0.4 is 5.73 Å². The zero-order chi connectivity index (χ0) is 12.4. The van der Waals surface area contributed by atoms with Gasteiger partial charge in [0.1, 0.15) is 5.01 Å². The van der Waals surface area contributed by atoms with E-state index in [9.17, 15) is 0 Å². The zero-order valence-electron chi connectivity index (χ0n) is 10.4. The molecule has 0 bridgehead atoms. The highest BCUT2D eigenvalue weighted by atomic mass is 32.1. The summed E-state index contributed by atoms with van der Waals surface area (Å²) in [5, 5.41) is 1.07. The number of hydrogen-bond donors (Lipinski definition) is 1. The van der Waals surface area contributed by atoms with Crippen molar-refractivity contribution >= 4 is 11.3 Å². The molecule has 0 saturated carbocycles. The van der Waals surface area contributed by atoms with Gasteiger partial charge in [-0.05, 0) is 45.9 Å². The van der Waals surface area contributed by atoms with Gasteiger partial charge in [-0.3, -0.25) is 4.98 Å². The van der Waals surface area contributed by atoms with E-state index in [1.807, 2.05) is 20.8 Å². The van der Waals surface area contributed by atoms with Gasteiger partial charge < -0.3 is 5.73 Å². The summed E-state index contributed by atoms with van der Waals surface area (Å²) in [5.41, 5.74) is 9.92. The Kier molecular flexibility index (Phi) is 3.54. The Morgan fingerprint density at radius 2 is 1.76 bits per heavy atom. The van der Waals surface area contributed by atoms with E-state index in [0.29, 0.717) is 6.54 Å². The molecule has 0 spiro atoms. The van der Waals surface area contributed by atoms with Crippen LogP contribution in [0.5, 0.6) is 0 Å². The minimum Gasteiger partial charge on any atom is -0.330 e. The first kappa shape index (κ1) is 12.2. The van der Waals surface area contributed by atoms with Crippen LogP contribution in [0.1, 0.15) is 22.0 Å². The van der Waals surface area contributed by atoms with Gasteiger partial charge in [0.2, 0.25) is 0 Å². The van der Waals surface area contributed by atoms with Crippen molar-refractivity contribution in [2.75, 3.05) is 6.54 Å². The Morgan fingerprint density at radius 1 is 1.12 bits per heavy atom. The quantitative estimate of drug-likeness (QED) is 0.907. The van der Waals surface area contributed by atoms with Gasteiger partial charge in [0.25, 0.3) is 0 Å². The lowest BCUT2D eigenvalue weighted by Gasteiger charge is -2.00. The van der Waals surface area contributed by atoms with Crippen molar-refractivity contribution in [3.8, 4) is 10.6 Å². The molecule has 2 rings (SSSR count). The molecule has 0 aliphatic rings. The molecular formula is C13H17N3S. The lowest BCUT2D eigenvalue weighted by molar-refractivity contribution is 0.970. The molecule has 0 saturated heterocycles. The van der Waals surface area contributed by atoms with Crippen molar-refractivity contribution in [2.24, 2.45) is 5.73 Å². The minimum absolute atomic E-state index is 0.677. The van der Waals surface area contributed by atoms with Gasteiger partial charge in [-0.15, -0.1) is 11.3 Å². The van der Waals surface area contributed by atoms with Crippen LogP contribution in [0, 0.1) is 20.8 Å². The predicted molar refractivity (Wildman–Crippen MR) is 72.3 cm³/mol. The van der Waals surface area contributed by atoms with Gasteiger partial charge in [-0.25, -0.2) is 4.98 Å². The summed E-state index contributed by atoms with van der Waals surface area (Å²) in [6.07, 6.45) is 0.909. The number of aryl methyl sites for hydroxylation is 3. The normalized spacial score (nSPS) is 10.8. The Hall–Kier alpha value is -1.26. The molecule has 2 aromatic rings. The van der Waals surface area contributed by atoms with Crippen LogP contribution in [-0.2, 0) is 6.42 Å². The highest BCUT2D eigenvalue weighted by Crippen LogP contribution is 2.28. The Balaban J connectivity index is 2.42. The summed E-state index contributed by atoms with van der Waals surface area (Å²) in [6.45, 7) is 6.75. The fourth-order valence-corrected chi connectivity index (χ4v) is 2.94. The van der Waals surface area contributed by atoms with Crippen LogP contribution in [0.15, 0.2) is 12.1 Å². The molecular weight excluding hydrogens is 230 g/mol. The van der Waals surface area contributed by atoms with Crippen LogP contribution >= 0.6 is 11.3 Å². The summed E-state index contributed by atoms with van der Waals surface area (Å²) >= 11 is 1.74. The summed E-state index contributed by atoms with van der Waals surface area (Å²) in [6, 6.07) is 4.16.